The first-order chi connectivity index (χ1) is 17.1. The molecule has 198 valence electrons. The lowest BCUT2D eigenvalue weighted by molar-refractivity contribution is -0.137. The first-order valence-electron chi connectivity index (χ1n) is 11.4. The second kappa shape index (κ2) is 9.02. The maximum atomic E-state index is 13.4. The number of nitrogens with zero attached hydrogens (tertiary/aromatic N) is 1. The van der Waals surface area contributed by atoms with E-state index in [1.807, 2.05) is 0 Å². The summed E-state index contributed by atoms with van der Waals surface area (Å²) in [7, 11) is -7.96. The summed E-state index contributed by atoms with van der Waals surface area (Å²) in [5, 5.41) is 12.3. The van der Waals surface area contributed by atoms with Crippen LogP contribution in [0, 0.1) is 16.7 Å². The second-order valence-electron chi connectivity index (χ2n) is 9.73. The van der Waals surface area contributed by atoms with Gasteiger partial charge in [-0.25, -0.2) is 16.8 Å². The Balaban J connectivity index is 1.65. The first kappa shape index (κ1) is 26.9. The summed E-state index contributed by atoms with van der Waals surface area (Å²) in [6, 6.07) is 8.77. The van der Waals surface area contributed by atoms with E-state index in [4.69, 9.17) is 0 Å². The highest BCUT2D eigenvalue weighted by Gasteiger charge is 2.49. The van der Waals surface area contributed by atoms with Crippen molar-refractivity contribution in [1.82, 2.24) is 5.32 Å². The van der Waals surface area contributed by atoms with Crippen LogP contribution in [-0.2, 0) is 26.0 Å². The van der Waals surface area contributed by atoms with Gasteiger partial charge < -0.3 is 5.32 Å². The van der Waals surface area contributed by atoms with Gasteiger partial charge in [-0.1, -0.05) is 0 Å². The molecular weight excluding hydrogens is 531 g/mol. The summed E-state index contributed by atoms with van der Waals surface area (Å²) in [5.41, 5.74) is -3.08. The lowest BCUT2D eigenvalue weighted by atomic mass is 9.58. The molecule has 2 aromatic rings. The van der Waals surface area contributed by atoms with Crippen molar-refractivity contribution in [3.05, 3.63) is 53.6 Å². The Hall–Kier alpha value is -3.11. The number of nitrogens with one attached hydrogen (secondary N) is 2. The van der Waals surface area contributed by atoms with Gasteiger partial charge in [0.25, 0.3) is 15.9 Å². The summed E-state index contributed by atoms with van der Waals surface area (Å²) >= 11 is 0. The van der Waals surface area contributed by atoms with Crippen LogP contribution < -0.4 is 10.0 Å². The van der Waals surface area contributed by atoms with Gasteiger partial charge in [0.05, 0.1) is 38.1 Å². The number of carbonyl (C=O) groups is 1. The quantitative estimate of drug-likeness (QED) is 0.547. The Morgan fingerprint density at radius 1 is 0.919 bits per heavy atom. The Morgan fingerprint density at radius 2 is 1.46 bits per heavy atom. The molecule has 2 N–H and O–H groups in total. The van der Waals surface area contributed by atoms with Crippen molar-refractivity contribution in [3.63, 3.8) is 0 Å². The number of anilines is 1. The molecule has 2 aromatic carbocycles. The third-order valence-electron chi connectivity index (χ3n) is 7.26. The van der Waals surface area contributed by atoms with Crippen LogP contribution in [0.25, 0.3) is 0 Å². The minimum atomic E-state index is -4.77. The zero-order valence-corrected chi connectivity index (χ0v) is 21.4. The summed E-state index contributed by atoms with van der Waals surface area (Å²) in [6.07, 6.45) is -0.619. The molecule has 0 aliphatic heterocycles. The average Bonchev–Trinajstić information content (AvgIpc) is 2.84. The molecule has 0 heterocycles. The van der Waals surface area contributed by atoms with E-state index in [0.717, 1.165) is 36.6 Å². The van der Waals surface area contributed by atoms with Gasteiger partial charge in [0, 0.05) is 11.8 Å². The molecule has 3 aliphatic rings. The standard InChI is InChI=1S/C24H24F3N3O5S2/c1-36(32,33)17-3-5-18(6-4-17)37(34,35)30-20-7-2-16(24(25,26)27)14-19(20)21(31)29-23-11-8-22(15-28,9-12-23)10-13-23/h2-7,14,30H,8-13H2,1H3,(H,29,31). The normalized spacial score (nSPS) is 23.8. The fourth-order valence-corrected chi connectivity index (χ4v) is 6.63. The monoisotopic (exact) mass is 555 g/mol. The van der Waals surface area contributed by atoms with Gasteiger partial charge in [-0.3, -0.25) is 9.52 Å². The molecule has 0 saturated heterocycles. The molecule has 0 atom stereocenters. The van der Waals surface area contributed by atoms with Gasteiger partial charge in [-0.15, -0.1) is 0 Å². The summed E-state index contributed by atoms with van der Waals surface area (Å²) in [4.78, 5) is 12.8. The maximum absolute atomic E-state index is 13.4. The van der Waals surface area contributed by atoms with Gasteiger partial charge >= 0.3 is 6.18 Å². The molecular formula is C24H24F3N3O5S2. The molecule has 37 heavy (non-hydrogen) atoms. The molecule has 2 bridgehead atoms. The summed E-state index contributed by atoms with van der Waals surface area (Å²) in [5.74, 6) is -0.859. The van der Waals surface area contributed by atoms with Crippen LogP contribution in [0.2, 0.25) is 0 Å². The van der Waals surface area contributed by atoms with Crippen molar-refractivity contribution < 1.29 is 34.8 Å². The van der Waals surface area contributed by atoms with Gasteiger partial charge in [-0.05, 0) is 81.0 Å². The van der Waals surface area contributed by atoms with Crippen LogP contribution in [0.5, 0.6) is 0 Å². The van der Waals surface area contributed by atoms with Crippen molar-refractivity contribution >= 4 is 31.5 Å². The minimum Gasteiger partial charge on any atom is -0.347 e. The topological polar surface area (TPSA) is 133 Å². The summed E-state index contributed by atoms with van der Waals surface area (Å²) in [6.45, 7) is 0. The number of halogens is 3. The smallest absolute Gasteiger partial charge is 0.347 e. The van der Waals surface area contributed by atoms with E-state index in [9.17, 15) is 40.1 Å². The SMILES string of the molecule is CS(=O)(=O)c1ccc(S(=O)(=O)Nc2ccc(C(F)(F)F)cc2C(=O)NC23CCC(C#N)(CC2)CC3)cc1. The highest BCUT2D eigenvalue weighted by Crippen LogP contribution is 2.52. The fourth-order valence-electron chi connectivity index (χ4n) is 4.92. The van der Waals surface area contributed by atoms with E-state index < -0.39 is 54.0 Å². The molecule has 1 amide bonds. The fraction of sp³-hybridized carbons (Fsp3) is 0.417. The predicted molar refractivity (Wildman–Crippen MR) is 128 cm³/mol. The number of hydrogen-bond acceptors (Lipinski definition) is 6. The second-order valence-corrected chi connectivity index (χ2v) is 13.4. The van der Waals surface area contributed by atoms with Crippen LogP contribution in [0.3, 0.4) is 0 Å². The first-order valence-corrected chi connectivity index (χ1v) is 14.7. The largest absolute Gasteiger partial charge is 0.416 e. The van der Waals surface area contributed by atoms with E-state index in [1.54, 1.807) is 0 Å². The van der Waals surface area contributed by atoms with Gasteiger partial charge in [0.15, 0.2) is 9.84 Å². The molecule has 0 spiro atoms. The van der Waals surface area contributed by atoms with Crippen molar-refractivity contribution in [3.8, 4) is 6.07 Å². The minimum absolute atomic E-state index is 0.110. The van der Waals surface area contributed by atoms with Crippen molar-refractivity contribution in [2.24, 2.45) is 5.41 Å². The number of benzene rings is 2. The molecule has 3 aliphatic carbocycles. The maximum Gasteiger partial charge on any atom is 0.416 e. The number of rotatable bonds is 6. The zero-order chi connectivity index (χ0) is 27.3. The van der Waals surface area contributed by atoms with Gasteiger partial charge in [0.2, 0.25) is 0 Å². The number of carbonyl (C=O) groups excluding carboxylic acids is 1. The lowest BCUT2D eigenvalue weighted by Gasteiger charge is -2.50. The van der Waals surface area contributed by atoms with Crippen LogP contribution in [0.1, 0.15) is 54.4 Å². The Morgan fingerprint density at radius 3 is 1.95 bits per heavy atom. The van der Waals surface area contributed by atoms with Crippen LogP contribution in [0.15, 0.2) is 52.3 Å². The molecule has 0 aromatic heterocycles. The van der Waals surface area contributed by atoms with Crippen molar-refractivity contribution in [2.75, 3.05) is 11.0 Å². The number of alkyl halides is 3. The van der Waals surface area contributed by atoms with E-state index in [2.05, 4.69) is 16.1 Å². The van der Waals surface area contributed by atoms with Crippen LogP contribution in [0.4, 0.5) is 18.9 Å². The Labute approximate surface area is 212 Å². The number of sulfonamides is 1. The van der Waals surface area contributed by atoms with Crippen LogP contribution in [-0.4, -0.2) is 34.5 Å². The average molecular weight is 556 g/mol. The number of hydrogen-bond donors (Lipinski definition) is 2. The third kappa shape index (κ3) is 5.45. The number of sulfone groups is 1. The van der Waals surface area contributed by atoms with E-state index in [-0.39, 0.29) is 15.5 Å². The van der Waals surface area contributed by atoms with E-state index >= 15 is 0 Å². The lowest BCUT2D eigenvalue weighted by Crippen LogP contribution is -2.56. The Kier molecular flexibility index (Phi) is 6.57. The number of nitriles is 1. The van der Waals surface area contributed by atoms with Crippen molar-refractivity contribution in [1.29, 1.82) is 5.26 Å². The molecule has 13 heteroatoms. The van der Waals surface area contributed by atoms with Gasteiger partial charge in [-0.2, -0.15) is 18.4 Å². The van der Waals surface area contributed by atoms with E-state index in [0.29, 0.717) is 50.7 Å². The highest BCUT2D eigenvalue weighted by molar-refractivity contribution is 7.92. The molecule has 3 fully saturated rings. The molecule has 8 nitrogen and oxygen atoms in total. The van der Waals surface area contributed by atoms with E-state index in [1.165, 1.54) is 0 Å². The predicted octanol–water partition coefficient (Wildman–Crippen LogP) is 4.26. The summed E-state index contributed by atoms with van der Waals surface area (Å²) < 4.78 is 91.7. The molecule has 5 rings (SSSR count). The molecule has 3 saturated carbocycles. The Bertz CT molecular complexity index is 1470. The number of amides is 1. The van der Waals surface area contributed by atoms with Crippen molar-refractivity contribution in [2.45, 2.75) is 60.0 Å². The zero-order valence-electron chi connectivity index (χ0n) is 19.7. The number of fused-ring (bicyclic) bond motifs is 3. The molecule has 0 unspecified atom stereocenters. The highest BCUT2D eigenvalue weighted by atomic mass is 32.2. The van der Waals surface area contributed by atoms with Gasteiger partial charge in [0.1, 0.15) is 0 Å². The van der Waals surface area contributed by atoms with Crippen LogP contribution >= 0.6 is 0 Å². The third-order valence-corrected chi connectivity index (χ3v) is 9.77. The molecule has 0 radical (unpaired) electrons.